The minimum Gasteiger partial charge on any atom is -0.465 e. The SMILES string of the molecule is C=CCN1C[C@@H]2C[C@H]3C=C[C@@]2(O3)[C@@H]1C(C(=O)OCC)C(=O)OCC. The minimum atomic E-state index is -1.02. The Labute approximate surface area is 142 Å². The molecule has 2 fully saturated rings. The van der Waals surface area contributed by atoms with E-state index in [1.807, 2.05) is 12.2 Å². The number of fused-ring (bicyclic) bond motifs is 1. The van der Waals surface area contributed by atoms with Gasteiger partial charge < -0.3 is 14.2 Å². The zero-order chi connectivity index (χ0) is 17.3. The first kappa shape index (κ1) is 17.2. The average Bonchev–Trinajstić information content (AvgIpc) is 3.18. The van der Waals surface area contributed by atoms with Crippen molar-refractivity contribution in [2.24, 2.45) is 11.8 Å². The molecule has 4 atom stereocenters. The van der Waals surface area contributed by atoms with Gasteiger partial charge in [0.2, 0.25) is 0 Å². The van der Waals surface area contributed by atoms with Crippen LogP contribution in [0.25, 0.3) is 0 Å². The molecule has 0 amide bonds. The Balaban J connectivity index is 1.98. The third-order valence-corrected chi connectivity index (χ3v) is 5.15. The van der Waals surface area contributed by atoms with Crippen molar-refractivity contribution in [2.75, 3.05) is 26.3 Å². The summed E-state index contributed by atoms with van der Waals surface area (Å²) >= 11 is 0. The van der Waals surface area contributed by atoms with E-state index in [4.69, 9.17) is 14.2 Å². The number of rotatable bonds is 7. The molecule has 3 aliphatic rings. The third kappa shape index (κ3) is 2.58. The molecular formula is C18H25NO5. The number of ether oxygens (including phenoxy) is 3. The highest BCUT2D eigenvalue weighted by Crippen LogP contribution is 2.53. The molecule has 3 rings (SSSR count). The molecule has 0 aliphatic carbocycles. The largest absolute Gasteiger partial charge is 0.465 e. The fourth-order valence-electron chi connectivity index (χ4n) is 4.37. The van der Waals surface area contributed by atoms with Gasteiger partial charge in [-0.2, -0.15) is 0 Å². The highest BCUT2D eigenvalue weighted by molar-refractivity contribution is 5.96. The van der Waals surface area contributed by atoms with Crippen LogP contribution in [0.15, 0.2) is 24.8 Å². The fraction of sp³-hybridized carbons (Fsp3) is 0.667. The van der Waals surface area contributed by atoms with E-state index in [0.29, 0.717) is 6.54 Å². The number of hydrogen-bond acceptors (Lipinski definition) is 6. The van der Waals surface area contributed by atoms with E-state index in [0.717, 1.165) is 13.0 Å². The monoisotopic (exact) mass is 335 g/mol. The van der Waals surface area contributed by atoms with Crippen LogP contribution in [0.3, 0.4) is 0 Å². The lowest BCUT2D eigenvalue weighted by Crippen LogP contribution is -2.55. The molecule has 24 heavy (non-hydrogen) atoms. The Morgan fingerprint density at radius 3 is 2.58 bits per heavy atom. The molecule has 1 spiro atoms. The van der Waals surface area contributed by atoms with Gasteiger partial charge in [-0.05, 0) is 20.3 Å². The van der Waals surface area contributed by atoms with Gasteiger partial charge in [-0.1, -0.05) is 18.2 Å². The van der Waals surface area contributed by atoms with E-state index < -0.39 is 29.5 Å². The quantitative estimate of drug-likeness (QED) is 0.397. The van der Waals surface area contributed by atoms with E-state index in [9.17, 15) is 9.59 Å². The van der Waals surface area contributed by atoms with Crippen LogP contribution in [-0.4, -0.2) is 60.9 Å². The van der Waals surface area contributed by atoms with Crippen LogP contribution in [0.1, 0.15) is 20.3 Å². The fourth-order valence-corrected chi connectivity index (χ4v) is 4.37. The zero-order valence-electron chi connectivity index (χ0n) is 14.3. The first-order valence-electron chi connectivity index (χ1n) is 8.62. The number of carbonyl (C=O) groups is 2. The summed E-state index contributed by atoms with van der Waals surface area (Å²) < 4.78 is 16.6. The topological polar surface area (TPSA) is 65.1 Å². The summed E-state index contributed by atoms with van der Waals surface area (Å²) in [6.07, 6.45) is 6.85. The lowest BCUT2D eigenvalue weighted by atomic mass is 9.77. The Hall–Kier alpha value is -1.66. The van der Waals surface area contributed by atoms with Crippen LogP contribution >= 0.6 is 0 Å². The summed E-state index contributed by atoms with van der Waals surface area (Å²) in [4.78, 5) is 27.3. The van der Waals surface area contributed by atoms with Crippen molar-refractivity contribution < 1.29 is 23.8 Å². The summed E-state index contributed by atoms with van der Waals surface area (Å²) in [5.41, 5.74) is -0.613. The minimum absolute atomic E-state index is 0.0772. The second-order valence-corrected chi connectivity index (χ2v) is 6.47. The molecule has 3 heterocycles. The van der Waals surface area contributed by atoms with Crippen LogP contribution in [0.5, 0.6) is 0 Å². The van der Waals surface area contributed by atoms with Gasteiger partial charge in [-0.3, -0.25) is 14.5 Å². The summed E-state index contributed by atoms with van der Waals surface area (Å²) in [5.74, 6) is -1.84. The van der Waals surface area contributed by atoms with E-state index in [1.54, 1.807) is 19.9 Å². The Kier molecular flexibility index (Phi) is 4.78. The maximum atomic E-state index is 12.6. The predicted molar refractivity (Wildman–Crippen MR) is 87.2 cm³/mol. The van der Waals surface area contributed by atoms with Gasteiger partial charge in [0.25, 0.3) is 0 Å². The van der Waals surface area contributed by atoms with Gasteiger partial charge in [-0.25, -0.2) is 0 Å². The second-order valence-electron chi connectivity index (χ2n) is 6.47. The van der Waals surface area contributed by atoms with Crippen molar-refractivity contribution in [3.63, 3.8) is 0 Å². The molecule has 132 valence electrons. The number of nitrogens with zero attached hydrogens (tertiary/aromatic N) is 1. The van der Waals surface area contributed by atoms with Crippen molar-refractivity contribution in [3.05, 3.63) is 24.8 Å². The van der Waals surface area contributed by atoms with Crippen molar-refractivity contribution in [1.82, 2.24) is 4.90 Å². The van der Waals surface area contributed by atoms with Crippen molar-refractivity contribution in [3.8, 4) is 0 Å². The van der Waals surface area contributed by atoms with Gasteiger partial charge in [0.1, 0.15) is 5.60 Å². The molecule has 0 aromatic heterocycles. The number of likely N-dealkylation sites (tertiary alicyclic amines) is 1. The molecule has 0 N–H and O–H groups in total. The molecule has 0 aromatic carbocycles. The molecule has 2 saturated heterocycles. The predicted octanol–water partition coefficient (Wildman–Crippen LogP) is 1.31. The van der Waals surface area contributed by atoms with Gasteiger partial charge in [-0.15, -0.1) is 6.58 Å². The van der Waals surface area contributed by atoms with E-state index in [-0.39, 0.29) is 25.2 Å². The summed E-state index contributed by atoms with van der Waals surface area (Å²) in [6.45, 7) is 9.06. The second kappa shape index (κ2) is 6.69. The summed E-state index contributed by atoms with van der Waals surface area (Å²) in [5, 5.41) is 0. The highest BCUT2D eigenvalue weighted by atomic mass is 16.6. The van der Waals surface area contributed by atoms with Crippen LogP contribution in [0.2, 0.25) is 0 Å². The van der Waals surface area contributed by atoms with Crippen LogP contribution < -0.4 is 0 Å². The van der Waals surface area contributed by atoms with Gasteiger partial charge >= 0.3 is 11.9 Å². The molecule has 0 radical (unpaired) electrons. The lowest BCUT2D eigenvalue weighted by molar-refractivity contribution is -0.168. The first-order valence-corrected chi connectivity index (χ1v) is 8.62. The number of esters is 2. The maximum absolute atomic E-state index is 12.6. The standard InChI is InChI=1S/C18H25NO5/c1-4-9-19-11-12-10-13-7-8-18(12,24-13)15(19)14(16(20)22-5-2)17(21)23-6-3/h4,7-8,12-15H,1,5-6,9-11H2,2-3H3/t12-,13+,15-,18-/m0/s1. The third-order valence-electron chi connectivity index (χ3n) is 5.15. The van der Waals surface area contributed by atoms with Gasteiger partial charge in [0.05, 0.1) is 25.4 Å². The molecule has 0 unspecified atom stereocenters. The van der Waals surface area contributed by atoms with Gasteiger partial charge in [0.15, 0.2) is 5.92 Å². The molecule has 0 saturated carbocycles. The maximum Gasteiger partial charge on any atom is 0.322 e. The summed E-state index contributed by atoms with van der Waals surface area (Å²) in [7, 11) is 0. The van der Waals surface area contributed by atoms with Crippen molar-refractivity contribution in [2.45, 2.75) is 38.0 Å². The Bertz CT molecular complexity index is 542. The van der Waals surface area contributed by atoms with E-state index in [2.05, 4.69) is 11.5 Å². The normalized spacial score (nSPS) is 33.7. The average molecular weight is 335 g/mol. The van der Waals surface area contributed by atoms with Crippen molar-refractivity contribution >= 4 is 11.9 Å². The molecule has 2 bridgehead atoms. The van der Waals surface area contributed by atoms with Gasteiger partial charge in [0, 0.05) is 19.0 Å². The van der Waals surface area contributed by atoms with Crippen LogP contribution in [0, 0.1) is 11.8 Å². The molecule has 6 nitrogen and oxygen atoms in total. The van der Waals surface area contributed by atoms with E-state index >= 15 is 0 Å². The first-order chi connectivity index (χ1) is 11.6. The smallest absolute Gasteiger partial charge is 0.322 e. The molecule has 3 aliphatic heterocycles. The lowest BCUT2D eigenvalue weighted by Gasteiger charge is -2.36. The number of carbonyl (C=O) groups excluding carboxylic acids is 2. The number of hydrogen-bond donors (Lipinski definition) is 0. The molecular weight excluding hydrogens is 310 g/mol. The molecule has 0 aromatic rings. The van der Waals surface area contributed by atoms with E-state index in [1.165, 1.54) is 0 Å². The van der Waals surface area contributed by atoms with Crippen LogP contribution in [-0.2, 0) is 23.8 Å². The Morgan fingerprint density at radius 1 is 1.38 bits per heavy atom. The Morgan fingerprint density at radius 2 is 2.04 bits per heavy atom. The van der Waals surface area contributed by atoms with Crippen molar-refractivity contribution in [1.29, 1.82) is 0 Å². The molecule has 6 heteroatoms. The van der Waals surface area contributed by atoms with Crippen LogP contribution in [0.4, 0.5) is 0 Å². The zero-order valence-corrected chi connectivity index (χ0v) is 14.3. The highest BCUT2D eigenvalue weighted by Gasteiger charge is 2.65. The summed E-state index contributed by atoms with van der Waals surface area (Å²) in [6, 6.07) is -0.428.